The number of aryl methyl sites for hydroxylation is 2. The first-order valence-corrected chi connectivity index (χ1v) is 7.13. The Morgan fingerprint density at radius 1 is 1.20 bits per heavy atom. The highest BCUT2D eigenvalue weighted by Crippen LogP contribution is 2.30. The summed E-state index contributed by atoms with van der Waals surface area (Å²) >= 11 is 0. The zero-order chi connectivity index (χ0) is 14.3. The molecule has 0 aliphatic carbocycles. The normalized spacial score (nSPS) is 19.6. The van der Waals surface area contributed by atoms with Crippen LogP contribution in [0.3, 0.4) is 0 Å². The molecule has 4 heteroatoms. The number of nitrogens with zero attached hydrogens (tertiary/aromatic N) is 1. The first-order valence-electron chi connectivity index (χ1n) is 7.13. The van der Waals surface area contributed by atoms with Crippen LogP contribution < -0.4 is 0 Å². The second kappa shape index (κ2) is 4.85. The topological polar surface area (TPSA) is 19.0 Å². The van der Waals surface area contributed by atoms with E-state index in [4.69, 9.17) is 0 Å². The summed E-state index contributed by atoms with van der Waals surface area (Å²) in [6.45, 7) is 5.87. The van der Waals surface area contributed by atoms with Gasteiger partial charge in [0.1, 0.15) is 0 Å². The van der Waals surface area contributed by atoms with Crippen molar-refractivity contribution in [1.82, 2.24) is 9.88 Å². The van der Waals surface area contributed by atoms with Gasteiger partial charge in [-0.1, -0.05) is 18.2 Å². The van der Waals surface area contributed by atoms with E-state index in [0.29, 0.717) is 13.1 Å². The molecule has 0 atom stereocenters. The molecule has 3 rings (SSSR count). The van der Waals surface area contributed by atoms with Crippen molar-refractivity contribution in [3.05, 3.63) is 35.0 Å². The summed E-state index contributed by atoms with van der Waals surface area (Å²) in [5.74, 6) is -2.47. The highest BCUT2D eigenvalue weighted by atomic mass is 19.3. The largest absolute Gasteiger partial charge is 0.358 e. The van der Waals surface area contributed by atoms with Gasteiger partial charge in [0, 0.05) is 43.6 Å². The van der Waals surface area contributed by atoms with Gasteiger partial charge in [-0.3, -0.25) is 4.90 Å². The Balaban J connectivity index is 1.83. The Kier molecular flexibility index (Phi) is 3.28. The van der Waals surface area contributed by atoms with E-state index in [1.165, 1.54) is 22.2 Å². The molecule has 20 heavy (non-hydrogen) atoms. The summed E-state index contributed by atoms with van der Waals surface area (Å²) < 4.78 is 26.4. The number of benzene rings is 1. The highest BCUT2D eigenvalue weighted by Gasteiger charge is 2.33. The van der Waals surface area contributed by atoms with Gasteiger partial charge in [-0.2, -0.15) is 0 Å². The molecule has 0 bridgehead atoms. The van der Waals surface area contributed by atoms with Crippen LogP contribution in [0.4, 0.5) is 8.78 Å². The number of halogens is 2. The van der Waals surface area contributed by atoms with E-state index >= 15 is 0 Å². The Morgan fingerprint density at radius 2 is 1.90 bits per heavy atom. The predicted octanol–water partition coefficient (Wildman–Crippen LogP) is 4.02. The molecule has 1 aliphatic heterocycles. The number of aromatic amines is 1. The zero-order valence-corrected chi connectivity index (χ0v) is 12.0. The lowest BCUT2D eigenvalue weighted by Gasteiger charge is -2.31. The number of likely N-dealkylation sites (tertiary alicyclic amines) is 1. The Bertz CT molecular complexity index is 621. The van der Waals surface area contributed by atoms with Crippen molar-refractivity contribution in [3.63, 3.8) is 0 Å². The number of nitrogens with one attached hydrogen (secondary N) is 1. The van der Waals surface area contributed by atoms with Gasteiger partial charge in [-0.15, -0.1) is 0 Å². The Labute approximate surface area is 117 Å². The molecule has 108 valence electrons. The molecule has 0 unspecified atom stereocenters. The van der Waals surface area contributed by atoms with Crippen LogP contribution in [0.25, 0.3) is 10.9 Å². The van der Waals surface area contributed by atoms with Gasteiger partial charge >= 0.3 is 0 Å². The Hall–Kier alpha value is -1.42. The molecule has 0 saturated carbocycles. The third-order valence-corrected chi connectivity index (χ3v) is 4.41. The number of hydrogen-bond acceptors (Lipinski definition) is 1. The first kappa shape index (κ1) is 13.6. The minimum absolute atomic E-state index is 0.0221. The van der Waals surface area contributed by atoms with Gasteiger partial charge in [-0.25, -0.2) is 8.78 Å². The van der Waals surface area contributed by atoms with Gasteiger partial charge < -0.3 is 4.98 Å². The zero-order valence-electron chi connectivity index (χ0n) is 12.0. The van der Waals surface area contributed by atoms with Crippen molar-refractivity contribution < 1.29 is 8.78 Å². The van der Waals surface area contributed by atoms with Crippen molar-refractivity contribution in [2.45, 2.75) is 39.2 Å². The maximum absolute atomic E-state index is 13.2. The third-order valence-electron chi connectivity index (χ3n) is 4.41. The van der Waals surface area contributed by atoms with E-state index < -0.39 is 5.92 Å². The summed E-state index contributed by atoms with van der Waals surface area (Å²) in [6, 6.07) is 6.25. The average molecular weight is 278 g/mol. The van der Waals surface area contributed by atoms with E-state index in [0.717, 1.165) is 12.1 Å². The molecule has 1 aromatic heterocycles. The maximum Gasteiger partial charge on any atom is 0.250 e. The first-order chi connectivity index (χ1) is 9.46. The molecule has 1 N–H and O–H groups in total. The second-order valence-corrected chi connectivity index (χ2v) is 5.85. The van der Waals surface area contributed by atoms with Crippen LogP contribution in [0.5, 0.6) is 0 Å². The van der Waals surface area contributed by atoms with Crippen LogP contribution in [0.1, 0.15) is 29.7 Å². The molecule has 2 aromatic rings. The summed E-state index contributed by atoms with van der Waals surface area (Å²) in [5.41, 5.74) is 4.80. The summed E-state index contributed by atoms with van der Waals surface area (Å²) in [7, 11) is 0. The average Bonchev–Trinajstić information content (AvgIpc) is 2.70. The Morgan fingerprint density at radius 3 is 2.60 bits per heavy atom. The molecule has 1 fully saturated rings. The molecule has 2 nitrogen and oxygen atoms in total. The van der Waals surface area contributed by atoms with Gasteiger partial charge in [0.05, 0.1) is 5.52 Å². The lowest BCUT2D eigenvalue weighted by Crippen LogP contribution is -2.38. The minimum atomic E-state index is -2.47. The van der Waals surface area contributed by atoms with Crippen LogP contribution in [0.2, 0.25) is 0 Å². The monoisotopic (exact) mass is 278 g/mol. The minimum Gasteiger partial charge on any atom is -0.358 e. The molecule has 1 saturated heterocycles. The smallest absolute Gasteiger partial charge is 0.250 e. The third kappa shape index (κ3) is 2.44. The van der Waals surface area contributed by atoms with Crippen molar-refractivity contribution >= 4 is 10.9 Å². The number of hydrogen-bond donors (Lipinski definition) is 1. The number of fused-ring (bicyclic) bond motifs is 1. The van der Waals surface area contributed by atoms with Gasteiger partial charge in [-0.05, 0) is 25.0 Å². The van der Waals surface area contributed by atoms with E-state index in [-0.39, 0.29) is 12.8 Å². The van der Waals surface area contributed by atoms with E-state index in [9.17, 15) is 8.78 Å². The molecule has 0 radical (unpaired) electrons. The van der Waals surface area contributed by atoms with Crippen LogP contribution in [-0.2, 0) is 6.54 Å². The number of alkyl halides is 2. The summed E-state index contributed by atoms with van der Waals surface area (Å²) in [6.07, 6.45) is -0.0441. The fourth-order valence-corrected chi connectivity index (χ4v) is 2.95. The van der Waals surface area contributed by atoms with Crippen molar-refractivity contribution in [2.24, 2.45) is 0 Å². The van der Waals surface area contributed by atoms with E-state index in [1.807, 2.05) is 0 Å². The molecule has 1 aliphatic rings. The number of H-pyrrole nitrogens is 1. The molecular weight excluding hydrogens is 258 g/mol. The number of aromatic nitrogens is 1. The van der Waals surface area contributed by atoms with E-state index in [1.54, 1.807) is 0 Å². The molecule has 2 heterocycles. The quantitative estimate of drug-likeness (QED) is 0.879. The molecule has 1 aromatic carbocycles. The lowest BCUT2D eigenvalue weighted by molar-refractivity contribution is -0.0565. The SMILES string of the molecule is Cc1[nH]c2c(CN3CCC(F)(F)CC3)cccc2c1C. The predicted molar refractivity (Wildman–Crippen MR) is 77.2 cm³/mol. The van der Waals surface area contributed by atoms with Gasteiger partial charge in [0.15, 0.2) is 0 Å². The van der Waals surface area contributed by atoms with Crippen molar-refractivity contribution in [3.8, 4) is 0 Å². The number of rotatable bonds is 2. The fraction of sp³-hybridized carbons (Fsp3) is 0.500. The summed E-state index contributed by atoms with van der Waals surface area (Å²) in [5, 5.41) is 1.24. The number of para-hydroxylation sites is 1. The molecular formula is C16H20F2N2. The van der Waals surface area contributed by atoms with Crippen LogP contribution in [0, 0.1) is 13.8 Å². The highest BCUT2D eigenvalue weighted by molar-refractivity contribution is 5.87. The summed E-state index contributed by atoms with van der Waals surface area (Å²) in [4.78, 5) is 5.55. The lowest BCUT2D eigenvalue weighted by atomic mass is 10.0. The second-order valence-electron chi connectivity index (χ2n) is 5.85. The number of piperidine rings is 1. The van der Waals surface area contributed by atoms with Crippen molar-refractivity contribution in [2.75, 3.05) is 13.1 Å². The van der Waals surface area contributed by atoms with E-state index in [2.05, 4.69) is 41.9 Å². The van der Waals surface area contributed by atoms with Crippen LogP contribution in [-0.4, -0.2) is 28.9 Å². The fourth-order valence-electron chi connectivity index (χ4n) is 2.95. The molecule has 0 spiro atoms. The van der Waals surface area contributed by atoms with Gasteiger partial charge in [0.2, 0.25) is 0 Å². The maximum atomic E-state index is 13.2. The van der Waals surface area contributed by atoms with Crippen molar-refractivity contribution in [1.29, 1.82) is 0 Å². The van der Waals surface area contributed by atoms with Crippen LogP contribution in [0.15, 0.2) is 18.2 Å². The standard InChI is InChI=1S/C16H20F2N2/c1-11-12(2)19-15-13(4-3-5-14(11)15)10-20-8-6-16(17,18)7-9-20/h3-5,19H,6-10H2,1-2H3. The van der Waals surface area contributed by atoms with Crippen LogP contribution >= 0.6 is 0 Å². The molecule has 0 amide bonds. The van der Waals surface area contributed by atoms with Gasteiger partial charge in [0.25, 0.3) is 5.92 Å².